The van der Waals surface area contributed by atoms with Gasteiger partial charge in [0.2, 0.25) is 0 Å². The van der Waals surface area contributed by atoms with Crippen molar-refractivity contribution in [3.63, 3.8) is 0 Å². The molecule has 8 nitrogen and oxygen atoms in total. The van der Waals surface area contributed by atoms with Crippen molar-refractivity contribution in [3.05, 3.63) is 150 Å². The van der Waals surface area contributed by atoms with E-state index in [4.69, 9.17) is 23.2 Å². The second-order valence-corrected chi connectivity index (χ2v) is 16.1. The van der Waals surface area contributed by atoms with Crippen molar-refractivity contribution in [3.8, 4) is 28.7 Å². The molecule has 2 atom stereocenters. The van der Waals surface area contributed by atoms with E-state index in [0.717, 1.165) is 102 Å². The molecule has 1 aliphatic rings. The smallest absolute Gasteiger partial charge is 0.440 e. The summed E-state index contributed by atoms with van der Waals surface area (Å²) in [5.74, 6) is -3.35. The van der Waals surface area contributed by atoms with Crippen LogP contribution in [0.1, 0.15) is 16.7 Å². The first kappa shape index (κ1) is 40.0. The third-order valence-corrected chi connectivity index (χ3v) is 13.0. The van der Waals surface area contributed by atoms with Crippen molar-refractivity contribution in [2.45, 2.75) is 18.5 Å². The molecule has 6 rings (SSSR count). The number of benzene rings is 5. The van der Waals surface area contributed by atoms with Crippen molar-refractivity contribution >= 4 is 25.0 Å². The van der Waals surface area contributed by atoms with Crippen LogP contribution >= 0.6 is 25.0 Å². The summed E-state index contributed by atoms with van der Waals surface area (Å²) in [4.78, 5) is 11.8. The lowest BCUT2D eigenvalue weighted by Crippen LogP contribution is -2.35. The van der Waals surface area contributed by atoms with Crippen LogP contribution in [-0.2, 0) is 18.5 Å². The largest absolute Gasteiger partial charge is 0.443 e. The van der Waals surface area contributed by atoms with Crippen LogP contribution in [0.3, 0.4) is 0 Å². The van der Waals surface area contributed by atoms with Crippen molar-refractivity contribution in [1.82, 2.24) is 9.21 Å². The summed E-state index contributed by atoms with van der Waals surface area (Å²) < 4.78 is 176. The second-order valence-electron chi connectivity index (χ2n) is 10.9. The molecule has 0 amide bonds. The first-order valence-electron chi connectivity index (χ1n) is 15.1. The molecule has 0 bridgehead atoms. The Hall–Kier alpha value is -4.66. The number of hydrogen-bond donors (Lipinski definition) is 0. The molecular formula is C33H21F11N3O5P3. The van der Waals surface area contributed by atoms with Crippen LogP contribution in [0.4, 0.5) is 48.3 Å². The standard InChI is InChI=1S/C33H21F11N3O5P3/c34-24-10-14-26(15-11-24)51-55(52-27-16-12-25(35)13-17-27)45-53-46(48-28-7-1-4-21(18-28)31(36,37)38)54(50-30-9-3-6-23(20-30)33(42,43)44)47(55)49-29-8-2-5-22(19-29)32(39,40)41/h1-20,53H. The number of hydrogen-bond acceptors (Lipinski definition) is 8. The van der Waals surface area contributed by atoms with Gasteiger partial charge in [0.15, 0.2) is 0 Å². The first-order chi connectivity index (χ1) is 25.9. The van der Waals surface area contributed by atoms with Gasteiger partial charge in [0.25, 0.3) is 0 Å². The summed E-state index contributed by atoms with van der Waals surface area (Å²) in [7, 11) is -8.69. The summed E-state index contributed by atoms with van der Waals surface area (Å²) in [5, 5.41) is 0. The molecular weight excluding hydrogens is 820 g/mol. The molecule has 5 aromatic rings. The molecule has 0 aromatic heterocycles. The number of nitrogens with zero attached hydrogens (tertiary/aromatic N) is 3. The lowest BCUT2D eigenvalue weighted by atomic mass is 10.2. The van der Waals surface area contributed by atoms with Gasteiger partial charge in [0, 0.05) is 4.60 Å². The van der Waals surface area contributed by atoms with Crippen LogP contribution in [0.2, 0.25) is 0 Å². The van der Waals surface area contributed by atoms with Gasteiger partial charge in [-0.05, 0) is 108 Å². The highest BCUT2D eigenvalue weighted by molar-refractivity contribution is 7.75. The van der Waals surface area contributed by atoms with E-state index in [1.54, 1.807) is 0 Å². The molecule has 2 unspecified atom stereocenters. The van der Waals surface area contributed by atoms with E-state index in [0.29, 0.717) is 28.9 Å². The maximum atomic E-state index is 14.0. The number of halogens is 11. The monoisotopic (exact) mass is 841 g/mol. The Balaban J connectivity index is 1.56. The van der Waals surface area contributed by atoms with E-state index >= 15 is 0 Å². The van der Waals surface area contributed by atoms with Gasteiger partial charge >= 0.3 is 34.6 Å². The Morgan fingerprint density at radius 2 is 0.909 bits per heavy atom. The van der Waals surface area contributed by atoms with Gasteiger partial charge < -0.3 is 23.2 Å². The molecule has 0 radical (unpaired) electrons. The van der Waals surface area contributed by atoms with Crippen LogP contribution < -0.4 is 23.2 Å². The fraction of sp³-hybridized carbons (Fsp3) is 0.0909. The zero-order valence-electron chi connectivity index (χ0n) is 27.0. The van der Waals surface area contributed by atoms with E-state index in [1.807, 2.05) is 0 Å². The Bertz CT molecular complexity index is 2120. The Morgan fingerprint density at radius 3 is 1.35 bits per heavy atom. The zero-order valence-corrected chi connectivity index (χ0v) is 29.8. The average molecular weight is 841 g/mol. The van der Waals surface area contributed by atoms with Gasteiger partial charge in [0.1, 0.15) is 49.3 Å². The van der Waals surface area contributed by atoms with Gasteiger partial charge in [-0.1, -0.05) is 18.2 Å². The molecule has 55 heavy (non-hydrogen) atoms. The molecule has 0 aliphatic carbocycles. The lowest BCUT2D eigenvalue weighted by molar-refractivity contribution is -0.138. The van der Waals surface area contributed by atoms with E-state index in [9.17, 15) is 48.3 Å². The molecule has 22 heteroatoms. The molecule has 290 valence electrons. The summed E-state index contributed by atoms with van der Waals surface area (Å²) in [6.45, 7) is 0. The molecule has 0 saturated heterocycles. The second kappa shape index (κ2) is 15.8. The van der Waals surface area contributed by atoms with E-state index in [-0.39, 0.29) is 11.5 Å². The lowest BCUT2D eigenvalue weighted by Gasteiger charge is -2.42. The summed E-state index contributed by atoms with van der Waals surface area (Å²) in [5.41, 5.74) is -3.54. The quantitative estimate of drug-likeness (QED) is 0.102. The first-order valence-corrected chi connectivity index (χ1v) is 18.7. The van der Waals surface area contributed by atoms with Crippen molar-refractivity contribution in [1.29, 1.82) is 0 Å². The topological polar surface area (TPSA) is 65.0 Å². The van der Waals surface area contributed by atoms with Crippen LogP contribution in [0.25, 0.3) is 0 Å². The van der Waals surface area contributed by atoms with Crippen LogP contribution in [0, 0.1) is 11.6 Å². The number of rotatable bonds is 10. The fourth-order valence-corrected chi connectivity index (χ4v) is 11.0. The molecule has 1 aliphatic heterocycles. The third kappa shape index (κ3) is 9.96. The summed E-state index contributed by atoms with van der Waals surface area (Å²) >= 11 is 0. The maximum absolute atomic E-state index is 14.0. The van der Waals surface area contributed by atoms with Gasteiger partial charge in [-0.25, -0.2) is 8.78 Å². The minimum Gasteiger partial charge on any atom is -0.440 e. The van der Waals surface area contributed by atoms with Gasteiger partial charge in [-0.2, -0.15) is 44.0 Å². The highest BCUT2D eigenvalue weighted by atomic mass is 31.3. The SMILES string of the molecule is Fc1ccc(OP2(Oc3ccc(F)cc3)=NPN(Oc3cccc(C(F)(F)F)c3)P(Oc3cccc(C(F)(F)F)c3)N2Oc2cccc(C(F)(F)F)c2)cc1. The van der Waals surface area contributed by atoms with Crippen LogP contribution in [0.5, 0.6) is 28.7 Å². The normalized spacial score (nSPS) is 17.0. The third-order valence-electron chi connectivity index (χ3n) is 6.90. The molecule has 0 N–H and O–H groups in total. The summed E-state index contributed by atoms with van der Waals surface area (Å²) in [6.07, 6.45) is -14.6. The minimum atomic E-state index is -4.90. The Labute approximate surface area is 307 Å². The number of alkyl halides is 9. The highest BCUT2D eigenvalue weighted by Crippen LogP contribution is 2.73. The average Bonchev–Trinajstić information content (AvgIpc) is 3.12. The van der Waals surface area contributed by atoms with Crippen LogP contribution in [-0.4, -0.2) is 9.21 Å². The highest BCUT2D eigenvalue weighted by Gasteiger charge is 2.53. The van der Waals surface area contributed by atoms with Crippen molar-refractivity contribution < 1.29 is 71.5 Å². The predicted molar refractivity (Wildman–Crippen MR) is 179 cm³/mol. The van der Waals surface area contributed by atoms with Crippen molar-refractivity contribution in [2.75, 3.05) is 0 Å². The van der Waals surface area contributed by atoms with E-state index in [1.165, 1.54) is 0 Å². The molecule has 0 spiro atoms. The van der Waals surface area contributed by atoms with Gasteiger partial charge in [0.05, 0.1) is 16.7 Å². The van der Waals surface area contributed by atoms with E-state index in [2.05, 4.69) is 4.52 Å². The Morgan fingerprint density at radius 1 is 0.509 bits per heavy atom. The van der Waals surface area contributed by atoms with Crippen molar-refractivity contribution in [2.24, 2.45) is 4.52 Å². The van der Waals surface area contributed by atoms with E-state index < -0.39 is 89.1 Å². The fourth-order valence-electron chi connectivity index (χ4n) is 4.42. The predicted octanol–water partition coefficient (Wildman–Crippen LogP) is 12.8. The Kier molecular flexibility index (Phi) is 11.5. The minimum absolute atomic E-state index is 0.177. The van der Waals surface area contributed by atoms with Gasteiger partial charge in [-0.3, -0.25) is 0 Å². The zero-order chi connectivity index (χ0) is 39.6. The summed E-state index contributed by atoms with van der Waals surface area (Å²) in [6, 6.07) is 18.5. The molecule has 1 heterocycles. The molecule has 5 aromatic carbocycles. The molecule has 0 saturated carbocycles. The van der Waals surface area contributed by atoms with Gasteiger partial charge in [-0.15, -0.1) is 0 Å². The molecule has 0 fully saturated rings. The van der Waals surface area contributed by atoms with Crippen LogP contribution in [0.15, 0.2) is 126 Å². The maximum Gasteiger partial charge on any atom is 0.443 e.